The molecule has 0 aliphatic heterocycles. The molecule has 0 saturated carbocycles. The highest BCUT2D eigenvalue weighted by Crippen LogP contribution is 2.30. The molecule has 0 saturated heterocycles. The lowest BCUT2D eigenvalue weighted by atomic mass is 9.86. The summed E-state index contributed by atoms with van der Waals surface area (Å²) in [6, 6.07) is 32.0. The summed E-state index contributed by atoms with van der Waals surface area (Å²) < 4.78 is -0.0932. The van der Waals surface area contributed by atoms with Gasteiger partial charge in [-0.1, -0.05) is 91.0 Å². The Labute approximate surface area is 144 Å². The molecule has 0 heterocycles. The molecule has 0 N–H and O–H groups in total. The number of benzene rings is 3. The van der Waals surface area contributed by atoms with E-state index in [1.54, 1.807) is 0 Å². The maximum Gasteiger partial charge on any atom is 0.0250 e. The molecular weight excluding hydrogens is 296 g/mol. The van der Waals surface area contributed by atoms with Gasteiger partial charge in [-0.25, -0.2) is 0 Å². The van der Waals surface area contributed by atoms with Crippen LogP contribution in [-0.2, 0) is 19.3 Å². The molecule has 0 aliphatic rings. The Balaban J connectivity index is 1.85. The van der Waals surface area contributed by atoms with E-state index in [0.717, 1.165) is 19.3 Å². The van der Waals surface area contributed by atoms with Crippen LogP contribution in [0.5, 0.6) is 0 Å². The third-order valence-corrected chi connectivity index (χ3v) is 4.60. The van der Waals surface area contributed by atoms with Crippen molar-refractivity contribution in [3.63, 3.8) is 0 Å². The predicted octanol–water partition coefficient (Wildman–Crippen LogP) is 5.38. The first-order valence-corrected chi connectivity index (χ1v) is 8.52. The van der Waals surface area contributed by atoms with Gasteiger partial charge in [0.05, 0.1) is 0 Å². The summed E-state index contributed by atoms with van der Waals surface area (Å²) in [4.78, 5) is 0. The zero-order chi connectivity index (χ0) is 16.0. The highest BCUT2D eigenvalue weighted by molar-refractivity contribution is 7.81. The Morgan fingerprint density at radius 3 is 1.00 bits per heavy atom. The van der Waals surface area contributed by atoms with Crippen LogP contribution in [0.4, 0.5) is 0 Å². The molecule has 3 aromatic rings. The third kappa shape index (κ3) is 4.74. The van der Waals surface area contributed by atoms with E-state index in [0.29, 0.717) is 0 Å². The van der Waals surface area contributed by atoms with E-state index < -0.39 is 0 Å². The van der Waals surface area contributed by atoms with Gasteiger partial charge in [0.25, 0.3) is 0 Å². The number of rotatable bonds is 6. The fourth-order valence-corrected chi connectivity index (χ4v) is 3.66. The molecule has 3 aromatic carbocycles. The molecule has 0 aromatic heterocycles. The van der Waals surface area contributed by atoms with E-state index in [-0.39, 0.29) is 4.75 Å². The first-order valence-electron chi connectivity index (χ1n) is 8.08. The minimum absolute atomic E-state index is 0.0932. The van der Waals surface area contributed by atoms with Gasteiger partial charge in [0.15, 0.2) is 0 Å². The van der Waals surface area contributed by atoms with Gasteiger partial charge >= 0.3 is 0 Å². The van der Waals surface area contributed by atoms with E-state index >= 15 is 0 Å². The molecule has 0 atom stereocenters. The van der Waals surface area contributed by atoms with E-state index in [1.165, 1.54) is 16.7 Å². The molecule has 0 amide bonds. The average molecular weight is 318 g/mol. The molecule has 0 spiro atoms. The second kappa shape index (κ2) is 7.52. The molecule has 23 heavy (non-hydrogen) atoms. The highest BCUT2D eigenvalue weighted by atomic mass is 32.1. The van der Waals surface area contributed by atoms with Crippen molar-refractivity contribution in [2.24, 2.45) is 0 Å². The van der Waals surface area contributed by atoms with Crippen molar-refractivity contribution in [2.75, 3.05) is 0 Å². The number of thiol groups is 1. The van der Waals surface area contributed by atoms with Crippen LogP contribution in [0.15, 0.2) is 91.0 Å². The first kappa shape index (κ1) is 15.9. The summed E-state index contributed by atoms with van der Waals surface area (Å²) in [6.45, 7) is 0. The van der Waals surface area contributed by atoms with Gasteiger partial charge in [-0.3, -0.25) is 0 Å². The van der Waals surface area contributed by atoms with Crippen molar-refractivity contribution in [3.05, 3.63) is 108 Å². The lowest BCUT2D eigenvalue weighted by molar-refractivity contribution is 0.579. The van der Waals surface area contributed by atoms with E-state index in [2.05, 4.69) is 91.0 Å². The molecule has 1 heteroatoms. The normalized spacial score (nSPS) is 11.3. The fourth-order valence-electron chi connectivity index (χ4n) is 3.11. The van der Waals surface area contributed by atoms with Crippen LogP contribution in [0.25, 0.3) is 0 Å². The molecule has 0 radical (unpaired) electrons. The van der Waals surface area contributed by atoms with Crippen LogP contribution in [0.2, 0.25) is 0 Å². The maximum absolute atomic E-state index is 5.15. The number of hydrogen-bond acceptors (Lipinski definition) is 1. The molecule has 0 nitrogen and oxygen atoms in total. The van der Waals surface area contributed by atoms with Crippen LogP contribution >= 0.6 is 12.6 Å². The van der Waals surface area contributed by atoms with Crippen molar-refractivity contribution >= 4 is 12.6 Å². The van der Waals surface area contributed by atoms with Gasteiger partial charge < -0.3 is 0 Å². The van der Waals surface area contributed by atoms with E-state index in [9.17, 15) is 0 Å². The van der Waals surface area contributed by atoms with Crippen LogP contribution in [-0.4, -0.2) is 4.75 Å². The first-order chi connectivity index (χ1) is 11.2. The summed E-state index contributed by atoms with van der Waals surface area (Å²) in [5.74, 6) is 0. The topological polar surface area (TPSA) is 0 Å². The van der Waals surface area contributed by atoms with Crippen molar-refractivity contribution in [1.29, 1.82) is 0 Å². The molecule has 0 bridgehead atoms. The monoisotopic (exact) mass is 318 g/mol. The summed E-state index contributed by atoms with van der Waals surface area (Å²) in [7, 11) is 0. The Bertz CT molecular complexity index is 603. The van der Waals surface area contributed by atoms with Gasteiger partial charge in [-0.2, -0.15) is 12.6 Å². The quantitative estimate of drug-likeness (QED) is 0.579. The smallest absolute Gasteiger partial charge is 0.0250 e. The average Bonchev–Trinajstić information content (AvgIpc) is 2.57. The maximum atomic E-state index is 5.15. The van der Waals surface area contributed by atoms with Gasteiger partial charge in [-0.15, -0.1) is 0 Å². The molecule has 116 valence electrons. The number of hydrogen-bond donors (Lipinski definition) is 1. The van der Waals surface area contributed by atoms with Gasteiger partial charge in [-0.05, 0) is 36.0 Å². The zero-order valence-corrected chi connectivity index (χ0v) is 14.1. The predicted molar refractivity (Wildman–Crippen MR) is 102 cm³/mol. The van der Waals surface area contributed by atoms with Crippen LogP contribution in [0.3, 0.4) is 0 Å². The largest absolute Gasteiger partial charge is 0.171 e. The van der Waals surface area contributed by atoms with Crippen molar-refractivity contribution in [2.45, 2.75) is 24.0 Å². The Morgan fingerprint density at radius 2 is 0.739 bits per heavy atom. The van der Waals surface area contributed by atoms with Gasteiger partial charge in [0.1, 0.15) is 0 Å². The molecular formula is C22H22S. The summed E-state index contributed by atoms with van der Waals surface area (Å²) in [6.07, 6.45) is 2.88. The standard InChI is InChI=1S/C22H22S/c23-22(16-19-10-4-1-5-11-19,17-20-12-6-2-7-13-20)18-21-14-8-3-9-15-21/h1-15,23H,16-18H2. The van der Waals surface area contributed by atoms with E-state index in [1.807, 2.05) is 0 Å². The molecule has 3 rings (SSSR count). The third-order valence-electron chi connectivity index (χ3n) is 4.13. The zero-order valence-electron chi connectivity index (χ0n) is 13.2. The summed E-state index contributed by atoms with van der Waals surface area (Å²) in [5.41, 5.74) is 4.03. The SMILES string of the molecule is SC(Cc1ccccc1)(Cc1ccccc1)Cc1ccccc1. The van der Waals surface area contributed by atoms with Crippen LogP contribution in [0, 0.1) is 0 Å². The lowest BCUT2D eigenvalue weighted by Gasteiger charge is -2.29. The summed E-state index contributed by atoms with van der Waals surface area (Å²) in [5, 5.41) is 0. The van der Waals surface area contributed by atoms with Crippen molar-refractivity contribution < 1.29 is 0 Å². The minimum Gasteiger partial charge on any atom is -0.171 e. The van der Waals surface area contributed by atoms with E-state index in [4.69, 9.17) is 12.6 Å². The van der Waals surface area contributed by atoms with Crippen molar-refractivity contribution in [3.8, 4) is 0 Å². The minimum atomic E-state index is -0.0932. The molecule has 0 fully saturated rings. The second-order valence-electron chi connectivity index (χ2n) is 6.21. The van der Waals surface area contributed by atoms with Gasteiger partial charge in [0, 0.05) is 4.75 Å². The molecule has 0 aliphatic carbocycles. The lowest BCUT2D eigenvalue weighted by Crippen LogP contribution is -2.30. The van der Waals surface area contributed by atoms with Crippen LogP contribution < -0.4 is 0 Å². The Morgan fingerprint density at radius 1 is 0.478 bits per heavy atom. The second-order valence-corrected chi connectivity index (χ2v) is 7.16. The summed E-state index contributed by atoms with van der Waals surface area (Å²) >= 11 is 5.15. The van der Waals surface area contributed by atoms with Crippen LogP contribution in [0.1, 0.15) is 16.7 Å². The van der Waals surface area contributed by atoms with Gasteiger partial charge in [0.2, 0.25) is 0 Å². The fraction of sp³-hybridized carbons (Fsp3) is 0.182. The Hall–Kier alpha value is -1.99. The molecule has 0 unspecified atom stereocenters. The highest BCUT2D eigenvalue weighted by Gasteiger charge is 2.27. The Kier molecular flexibility index (Phi) is 5.19. The van der Waals surface area contributed by atoms with Crippen molar-refractivity contribution in [1.82, 2.24) is 0 Å².